The third-order valence-electron chi connectivity index (χ3n) is 1.63. The Morgan fingerprint density at radius 2 is 1.94 bits per heavy atom. The highest BCUT2D eigenvalue weighted by Crippen LogP contribution is 2.13. The van der Waals surface area contributed by atoms with Gasteiger partial charge in [-0.25, -0.2) is 0 Å². The summed E-state index contributed by atoms with van der Waals surface area (Å²) < 4.78 is 30.7. The standard InChI is InChI=1S/C10H8O5S/c11-10(12)7-3-5-8-4-1-2-6-9(8)16(13,14)15/h1-2,4,6H,7H2,(H,11,12)(H,13,14,15). The predicted molar refractivity (Wildman–Crippen MR) is 55.4 cm³/mol. The summed E-state index contributed by atoms with van der Waals surface area (Å²) in [6.07, 6.45) is -0.389. The summed E-state index contributed by atoms with van der Waals surface area (Å²) in [5.74, 6) is 3.57. The van der Waals surface area contributed by atoms with Gasteiger partial charge in [-0.15, -0.1) is 0 Å². The molecule has 0 saturated carbocycles. The van der Waals surface area contributed by atoms with Gasteiger partial charge < -0.3 is 5.11 Å². The van der Waals surface area contributed by atoms with Crippen LogP contribution in [0, 0.1) is 11.8 Å². The summed E-state index contributed by atoms with van der Waals surface area (Å²) >= 11 is 0. The maximum atomic E-state index is 10.9. The number of carboxylic acids is 1. The predicted octanol–water partition coefficient (Wildman–Crippen LogP) is 0.760. The molecule has 0 aromatic heterocycles. The summed E-state index contributed by atoms with van der Waals surface area (Å²) in [7, 11) is -4.33. The molecule has 1 rings (SSSR count). The lowest BCUT2D eigenvalue weighted by Crippen LogP contribution is -2.00. The first-order valence-corrected chi connectivity index (χ1v) is 5.62. The van der Waals surface area contributed by atoms with Gasteiger partial charge >= 0.3 is 5.97 Å². The third-order valence-corrected chi connectivity index (χ3v) is 2.54. The first-order chi connectivity index (χ1) is 7.41. The van der Waals surface area contributed by atoms with Gasteiger partial charge in [-0.1, -0.05) is 24.0 Å². The van der Waals surface area contributed by atoms with Crippen LogP contribution in [-0.2, 0) is 14.9 Å². The van der Waals surface area contributed by atoms with Gasteiger partial charge in [0.25, 0.3) is 10.1 Å². The molecule has 0 atom stereocenters. The molecule has 6 heteroatoms. The van der Waals surface area contributed by atoms with Crippen LogP contribution in [0.3, 0.4) is 0 Å². The van der Waals surface area contributed by atoms with Crippen LogP contribution in [0.1, 0.15) is 12.0 Å². The minimum atomic E-state index is -4.33. The molecule has 0 aliphatic heterocycles. The molecule has 0 amide bonds. The molecular formula is C10H8O5S. The summed E-state index contributed by atoms with van der Waals surface area (Å²) in [5, 5.41) is 8.35. The number of benzene rings is 1. The number of carbonyl (C=O) groups is 1. The molecule has 84 valence electrons. The molecule has 2 N–H and O–H groups in total. The van der Waals surface area contributed by atoms with Gasteiger partial charge in [-0.2, -0.15) is 8.42 Å². The maximum Gasteiger partial charge on any atom is 0.315 e. The van der Waals surface area contributed by atoms with Crippen LogP contribution >= 0.6 is 0 Å². The molecule has 0 radical (unpaired) electrons. The molecule has 0 unspecified atom stereocenters. The molecule has 0 bridgehead atoms. The third kappa shape index (κ3) is 3.38. The molecule has 1 aromatic rings. The lowest BCUT2D eigenvalue weighted by Gasteiger charge is -1.99. The molecule has 5 nitrogen and oxygen atoms in total. The van der Waals surface area contributed by atoms with Crippen molar-refractivity contribution in [1.29, 1.82) is 0 Å². The van der Waals surface area contributed by atoms with Crippen LogP contribution in [0.15, 0.2) is 29.2 Å². The van der Waals surface area contributed by atoms with Crippen LogP contribution in [0.2, 0.25) is 0 Å². The van der Waals surface area contributed by atoms with Crippen molar-refractivity contribution in [2.24, 2.45) is 0 Å². The van der Waals surface area contributed by atoms with E-state index < -0.39 is 16.1 Å². The van der Waals surface area contributed by atoms with Crippen molar-refractivity contribution < 1.29 is 22.9 Å². The maximum absolute atomic E-state index is 10.9. The van der Waals surface area contributed by atoms with Crippen molar-refractivity contribution in [1.82, 2.24) is 0 Å². The van der Waals surface area contributed by atoms with E-state index in [4.69, 9.17) is 9.66 Å². The van der Waals surface area contributed by atoms with Crippen molar-refractivity contribution in [3.05, 3.63) is 29.8 Å². The van der Waals surface area contributed by atoms with E-state index in [1.165, 1.54) is 18.2 Å². The van der Waals surface area contributed by atoms with Crippen LogP contribution in [0.5, 0.6) is 0 Å². The van der Waals surface area contributed by atoms with Gasteiger partial charge in [0.1, 0.15) is 11.3 Å². The topological polar surface area (TPSA) is 91.7 Å². The smallest absolute Gasteiger partial charge is 0.315 e. The molecule has 0 saturated heterocycles. The summed E-state index contributed by atoms with van der Waals surface area (Å²) in [6, 6.07) is 5.56. The minimum absolute atomic E-state index is 0.0752. The van der Waals surface area contributed by atoms with Crippen LogP contribution in [0.4, 0.5) is 0 Å². The molecule has 0 aliphatic rings. The van der Waals surface area contributed by atoms with E-state index in [9.17, 15) is 13.2 Å². The Morgan fingerprint density at radius 1 is 1.31 bits per heavy atom. The lowest BCUT2D eigenvalue weighted by atomic mass is 10.2. The molecule has 0 spiro atoms. The van der Waals surface area contributed by atoms with Crippen molar-refractivity contribution >= 4 is 16.1 Å². The number of aliphatic carboxylic acids is 1. The normalized spacial score (nSPS) is 10.3. The first kappa shape index (κ1) is 12.2. The summed E-state index contributed by atoms with van der Waals surface area (Å²) in [4.78, 5) is 9.88. The monoisotopic (exact) mass is 240 g/mol. The fourth-order valence-electron chi connectivity index (χ4n) is 1.01. The molecule has 0 fully saturated rings. The Morgan fingerprint density at radius 3 is 2.50 bits per heavy atom. The fraction of sp³-hybridized carbons (Fsp3) is 0.100. The zero-order chi connectivity index (χ0) is 12.2. The minimum Gasteiger partial charge on any atom is -0.481 e. The molecule has 0 aliphatic carbocycles. The Kier molecular flexibility index (Phi) is 3.66. The van der Waals surface area contributed by atoms with Crippen molar-refractivity contribution in [3.63, 3.8) is 0 Å². The fourth-order valence-corrected chi connectivity index (χ4v) is 1.66. The Hall–Kier alpha value is -1.84. The van der Waals surface area contributed by atoms with Crippen LogP contribution in [0.25, 0.3) is 0 Å². The number of hydrogen-bond acceptors (Lipinski definition) is 3. The highest BCUT2D eigenvalue weighted by Gasteiger charge is 2.12. The van der Waals surface area contributed by atoms with E-state index in [2.05, 4.69) is 11.8 Å². The molecule has 0 heterocycles. The van der Waals surface area contributed by atoms with Crippen molar-refractivity contribution in [2.45, 2.75) is 11.3 Å². The van der Waals surface area contributed by atoms with E-state index in [0.717, 1.165) is 0 Å². The number of rotatable bonds is 2. The second kappa shape index (κ2) is 4.79. The summed E-state index contributed by atoms with van der Waals surface area (Å²) in [6.45, 7) is 0. The van der Waals surface area contributed by atoms with E-state index in [1.807, 2.05) is 0 Å². The Balaban J connectivity index is 3.14. The summed E-state index contributed by atoms with van der Waals surface area (Å²) in [5.41, 5.74) is 0.0752. The molecule has 16 heavy (non-hydrogen) atoms. The van der Waals surface area contributed by atoms with E-state index >= 15 is 0 Å². The van der Waals surface area contributed by atoms with Crippen molar-refractivity contribution in [3.8, 4) is 11.8 Å². The highest BCUT2D eigenvalue weighted by atomic mass is 32.2. The van der Waals surface area contributed by atoms with E-state index in [-0.39, 0.29) is 16.9 Å². The number of carboxylic acid groups (broad SMARTS) is 1. The first-order valence-electron chi connectivity index (χ1n) is 4.18. The average molecular weight is 240 g/mol. The second-order valence-corrected chi connectivity index (χ2v) is 4.23. The Labute approximate surface area is 92.5 Å². The van der Waals surface area contributed by atoms with Crippen LogP contribution in [-0.4, -0.2) is 24.0 Å². The average Bonchev–Trinajstić information content (AvgIpc) is 2.16. The van der Waals surface area contributed by atoms with Gasteiger partial charge in [0, 0.05) is 5.56 Å². The van der Waals surface area contributed by atoms with Gasteiger partial charge in [0.2, 0.25) is 0 Å². The lowest BCUT2D eigenvalue weighted by molar-refractivity contribution is -0.135. The quantitative estimate of drug-likeness (QED) is 0.588. The Bertz CT molecular complexity index is 562. The molecular weight excluding hydrogens is 232 g/mol. The second-order valence-electron chi connectivity index (χ2n) is 2.84. The number of hydrogen-bond donors (Lipinski definition) is 2. The zero-order valence-corrected chi connectivity index (χ0v) is 8.86. The van der Waals surface area contributed by atoms with Gasteiger partial charge in [-0.05, 0) is 12.1 Å². The largest absolute Gasteiger partial charge is 0.481 e. The molecule has 1 aromatic carbocycles. The van der Waals surface area contributed by atoms with Gasteiger partial charge in [0.15, 0.2) is 0 Å². The highest BCUT2D eigenvalue weighted by molar-refractivity contribution is 7.85. The van der Waals surface area contributed by atoms with Gasteiger partial charge in [-0.3, -0.25) is 9.35 Å². The van der Waals surface area contributed by atoms with Crippen LogP contribution < -0.4 is 0 Å². The van der Waals surface area contributed by atoms with Gasteiger partial charge in [0.05, 0.1) is 0 Å². The van der Waals surface area contributed by atoms with Crippen molar-refractivity contribution in [2.75, 3.05) is 0 Å². The van der Waals surface area contributed by atoms with E-state index in [1.54, 1.807) is 6.07 Å². The zero-order valence-electron chi connectivity index (χ0n) is 8.04. The van der Waals surface area contributed by atoms with E-state index in [0.29, 0.717) is 0 Å². The SMILES string of the molecule is O=C(O)CC#Cc1ccccc1S(=O)(=O)O.